The first kappa shape index (κ1) is 11.6. The van der Waals surface area contributed by atoms with Crippen LogP contribution in [0.2, 0.25) is 0 Å². The Hall–Kier alpha value is -1.88. The minimum atomic E-state index is 0.152. The maximum Gasteiger partial charge on any atom is 0.115 e. The number of nitrogens with zero attached hydrogens (tertiary/aromatic N) is 4. The van der Waals surface area contributed by atoms with Crippen LogP contribution in [0.25, 0.3) is 0 Å². The molecule has 2 aromatic heterocycles. The molecule has 1 N–H and O–H groups in total. The molecule has 2 rings (SSSR count). The monoisotopic (exact) mass is 229 g/mol. The predicted molar refractivity (Wildman–Crippen MR) is 64.1 cm³/mol. The summed E-state index contributed by atoms with van der Waals surface area (Å²) in [5.41, 5.74) is 2.89. The van der Waals surface area contributed by atoms with Gasteiger partial charge in [0.15, 0.2) is 0 Å². The number of aromatic nitrogens is 4. The molecule has 2 heterocycles. The van der Waals surface area contributed by atoms with Gasteiger partial charge >= 0.3 is 0 Å². The van der Waals surface area contributed by atoms with Crippen LogP contribution >= 0.6 is 0 Å². The largest absolute Gasteiger partial charge is 0.303 e. The molecule has 1 atom stereocenters. The molecule has 1 unspecified atom stereocenters. The number of rotatable bonds is 4. The van der Waals surface area contributed by atoms with E-state index >= 15 is 0 Å². The molecule has 0 saturated carbocycles. The number of hydrogen-bond donors (Lipinski definition) is 1. The SMILES string of the molecule is Cc1nccnc1C(C)NCc1ccncn1. The molecular weight excluding hydrogens is 214 g/mol. The van der Waals surface area contributed by atoms with Crippen LogP contribution in [0, 0.1) is 6.92 Å². The van der Waals surface area contributed by atoms with Crippen LogP contribution in [0.5, 0.6) is 0 Å². The minimum absolute atomic E-state index is 0.152. The minimum Gasteiger partial charge on any atom is -0.303 e. The van der Waals surface area contributed by atoms with Gasteiger partial charge in [0.25, 0.3) is 0 Å². The molecular formula is C12H15N5. The van der Waals surface area contributed by atoms with E-state index < -0.39 is 0 Å². The Labute approximate surface area is 100 Å². The van der Waals surface area contributed by atoms with E-state index in [1.807, 2.05) is 13.0 Å². The lowest BCUT2D eigenvalue weighted by Crippen LogP contribution is -2.20. The van der Waals surface area contributed by atoms with Crippen molar-refractivity contribution in [1.82, 2.24) is 25.3 Å². The van der Waals surface area contributed by atoms with Crippen molar-refractivity contribution >= 4 is 0 Å². The Morgan fingerprint density at radius 1 is 1.18 bits per heavy atom. The number of nitrogens with one attached hydrogen (secondary N) is 1. The Morgan fingerprint density at radius 2 is 2.00 bits per heavy atom. The summed E-state index contributed by atoms with van der Waals surface area (Å²) >= 11 is 0. The van der Waals surface area contributed by atoms with Crippen LogP contribution in [0.4, 0.5) is 0 Å². The van der Waals surface area contributed by atoms with Crippen molar-refractivity contribution in [2.45, 2.75) is 26.4 Å². The summed E-state index contributed by atoms with van der Waals surface area (Å²) in [5, 5.41) is 3.36. The van der Waals surface area contributed by atoms with Gasteiger partial charge in [-0.25, -0.2) is 9.97 Å². The standard InChI is InChI=1S/C12H15N5/c1-9-12(15-6-5-14-9)10(2)16-7-11-3-4-13-8-17-11/h3-6,8,10,16H,7H2,1-2H3. The molecule has 88 valence electrons. The van der Waals surface area contributed by atoms with E-state index in [2.05, 4.69) is 32.2 Å². The van der Waals surface area contributed by atoms with Gasteiger partial charge in [0.05, 0.1) is 17.1 Å². The highest BCUT2D eigenvalue weighted by molar-refractivity contribution is 5.12. The molecule has 0 bridgehead atoms. The molecule has 5 heteroatoms. The Balaban J connectivity index is 1.99. The van der Waals surface area contributed by atoms with Gasteiger partial charge in [0, 0.05) is 31.2 Å². The highest BCUT2D eigenvalue weighted by Crippen LogP contribution is 2.11. The Kier molecular flexibility index (Phi) is 3.72. The van der Waals surface area contributed by atoms with Crippen LogP contribution in [0.1, 0.15) is 30.0 Å². The Bertz CT molecular complexity index is 471. The van der Waals surface area contributed by atoms with Crippen molar-refractivity contribution in [3.8, 4) is 0 Å². The zero-order valence-corrected chi connectivity index (χ0v) is 9.96. The maximum atomic E-state index is 4.33. The van der Waals surface area contributed by atoms with Crippen molar-refractivity contribution in [3.63, 3.8) is 0 Å². The second-order valence-electron chi connectivity index (χ2n) is 3.83. The summed E-state index contributed by atoms with van der Waals surface area (Å²) < 4.78 is 0. The number of hydrogen-bond acceptors (Lipinski definition) is 5. The summed E-state index contributed by atoms with van der Waals surface area (Å²) in [5.74, 6) is 0. The molecule has 0 saturated heterocycles. The molecule has 0 fully saturated rings. The first-order chi connectivity index (χ1) is 8.27. The van der Waals surface area contributed by atoms with Crippen LogP contribution in [-0.2, 0) is 6.54 Å². The highest BCUT2D eigenvalue weighted by atomic mass is 15.0. The summed E-state index contributed by atoms with van der Waals surface area (Å²) in [6, 6.07) is 2.04. The zero-order valence-electron chi connectivity index (χ0n) is 9.96. The van der Waals surface area contributed by atoms with Gasteiger partial charge in [-0.05, 0) is 19.9 Å². The fourth-order valence-electron chi connectivity index (χ4n) is 1.62. The number of aryl methyl sites for hydroxylation is 1. The smallest absolute Gasteiger partial charge is 0.115 e. The van der Waals surface area contributed by atoms with Gasteiger partial charge in [0.2, 0.25) is 0 Å². The quantitative estimate of drug-likeness (QED) is 0.859. The van der Waals surface area contributed by atoms with Crippen LogP contribution in [0.3, 0.4) is 0 Å². The van der Waals surface area contributed by atoms with Gasteiger partial charge in [0.1, 0.15) is 6.33 Å². The summed E-state index contributed by atoms with van der Waals surface area (Å²) in [7, 11) is 0. The van der Waals surface area contributed by atoms with E-state index in [4.69, 9.17) is 0 Å². The van der Waals surface area contributed by atoms with Gasteiger partial charge in [-0.1, -0.05) is 0 Å². The van der Waals surface area contributed by atoms with Crippen LogP contribution in [0.15, 0.2) is 31.0 Å². The average Bonchev–Trinajstić information content (AvgIpc) is 2.38. The summed E-state index contributed by atoms with van der Waals surface area (Å²) in [6.07, 6.45) is 6.71. The maximum absolute atomic E-state index is 4.33. The van der Waals surface area contributed by atoms with Crippen molar-refractivity contribution in [3.05, 3.63) is 48.1 Å². The van der Waals surface area contributed by atoms with Gasteiger partial charge in [-0.15, -0.1) is 0 Å². The third-order valence-electron chi connectivity index (χ3n) is 2.56. The van der Waals surface area contributed by atoms with E-state index in [1.54, 1.807) is 24.9 Å². The lowest BCUT2D eigenvalue weighted by Gasteiger charge is -2.14. The van der Waals surface area contributed by atoms with E-state index in [1.165, 1.54) is 0 Å². The van der Waals surface area contributed by atoms with Crippen molar-refractivity contribution < 1.29 is 0 Å². The fourth-order valence-corrected chi connectivity index (χ4v) is 1.62. The molecule has 17 heavy (non-hydrogen) atoms. The molecule has 0 aliphatic heterocycles. The molecule has 0 radical (unpaired) electrons. The molecule has 0 aliphatic carbocycles. The molecule has 0 spiro atoms. The Morgan fingerprint density at radius 3 is 2.71 bits per heavy atom. The van der Waals surface area contributed by atoms with E-state index in [9.17, 15) is 0 Å². The van der Waals surface area contributed by atoms with Gasteiger partial charge in [-0.2, -0.15) is 0 Å². The molecule has 0 amide bonds. The van der Waals surface area contributed by atoms with Gasteiger partial charge < -0.3 is 5.32 Å². The molecule has 0 aliphatic rings. The second kappa shape index (κ2) is 5.45. The summed E-state index contributed by atoms with van der Waals surface area (Å²) in [6.45, 7) is 4.73. The first-order valence-corrected chi connectivity index (χ1v) is 5.53. The third-order valence-corrected chi connectivity index (χ3v) is 2.56. The van der Waals surface area contributed by atoms with E-state index in [0.717, 1.165) is 17.1 Å². The van der Waals surface area contributed by atoms with Crippen molar-refractivity contribution in [1.29, 1.82) is 0 Å². The lowest BCUT2D eigenvalue weighted by molar-refractivity contribution is 0.549. The van der Waals surface area contributed by atoms with Gasteiger partial charge in [-0.3, -0.25) is 9.97 Å². The normalized spacial score (nSPS) is 12.4. The van der Waals surface area contributed by atoms with E-state index in [-0.39, 0.29) is 6.04 Å². The second-order valence-corrected chi connectivity index (χ2v) is 3.83. The summed E-state index contributed by atoms with van der Waals surface area (Å²) in [4.78, 5) is 16.6. The third kappa shape index (κ3) is 3.04. The lowest BCUT2D eigenvalue weighted by atomic mass is 10.2. The predicted octanol–water partition coefficient (Wildman–Crippen LogP) is 1.43. The average molecular weight is 229 g/mol. The van der Waals surface area contributed by atoms with Crippen molar-refractivity contribution in [2.75, 3.05) is 0 Å². The van der Waals surface area contributed by atoms with Crippen molar-refractivity contribution in [2.24, 2.45) is 0 Å². The van der Waals surface area contributed by atoms with E-state index in [0.29, 0.717) is 6.54 Å². The highest BCUT2D eigenvalue weighted by Gasteiger charge is 2.09. The first-order valence-electron chi connectivity index (χ1n) is 5.53. The van der Waals surface area contributed by atoms with Crippen LogP contribution < -0.4 is 5.32 Å². The molecule has 2 aromatic rings. The topological polar surface area (TPSA) is 63.6 Å². The molecule has 5 nitrogen and oxygen atoms in total. The zero-order chi connectivity index (χ0) is 12.1. The fraction of sp³-hybridized carbons (Fsp3) is 0.333. The van der Waals surface area contributed by atoms with Crippen LogP contribution in [-0.4, -0.2) is 19.9 Å². The molecule has 0 aromatic carbocycles.